The number of rotatable bonds is 2. The first-order valence-corrected chi connectivity index (χ1v) is 6.02. The van der Waals surface area contributed by atoms with Crippen LogP contribution in [0.1, 0.15) is 6.92 Å². The zero-order valence-electron chi connectivity index (χ0n) is 6.95. The first-order chi connectivity index (χ1) is 6.29. The lowest BCUT2D eigenvalue weighted by molar-refractivity contribution is 1.27. The molecule has 5 heteroatoms. The maximum absolute atomic E-state index is 5.77. The van der Waals surface area contributed by atoms with Gasteiger partial charge in [-0.05, 0) is 11.8 Å². The molecule has 0 aliphatic rings. The summed E-state index contributed by atoms with van der Waals surface area (Å²) in [5.41, 5.74) is 0.936. The Kier molecular flexibility index (Phi) is 2.71. The summed E-state index contributed by atoms with van der Waals surface area (Å²) in [6.45, 7) is 2.11. The predicted octanol–water partition coefficient (Wildman–Crippen LogP) is 3.46. The molecule has 0 saturated carbocycles. The maximum atomic E-state index is 5.77. The van der Waals surface area contributed by atoms with Gasteiger partial charge >= 0.3 is 0 Å². The largest absolute Gasteiger partial charge is 0.242 e. The lowest BCUT2D eigenvalue weighted by Crippen LogP contribution is -1.73. The van der Waals surface area contributed by atoms with E-state index in [-0.39, 0.29) is 0 Å². The number of fused-ring (bicyclic) bond motifs is 1. The number of halogens is 1. The highest BCUT2D eigenvalue weighted by molar-refractivity contribution is 8.01. The molecule has 0 unspecified atom stereocenters. The number of thioether (sulfide) groups is 1. The van der Waals surface area contributed by atoms with Crippen molar-refractivity contribution in [3.05, 3.63) is 17.4 Å². The summed E-state index contributed by atoms with van der Waals surface area (Å²) in [4.78, 5) is 8.39. The normalized spacial score (nSPS) is 10.9. The quantitative estimate of drug-likeness (QED) is 0.584. The third kappa shape index (κ3) is 1.95. The molecule has 0 N–H and O–H groups in total. The molecule has 0 radical (unpaired) electrons. The van der Waals surface area contributed by atoms with Crippen LogP contribution in [0.25, 0.3) is 10.2 Å². The third-order valence-corrected chi connectivity index (χ3v) is 3.74. The fourth-order valence-electron chi connectivity index (χ4n) is 0.972. The van der Waals surface area contributed by atoms with E-state index >= 15 is 0 Å². The van der Waals surface area contributed by atoms with Crippen molar-refractivity contribution in [2.24, 2.45) is 0 Å². The SMILES string of the molecule is CCSc1nc2cnc(Cl)cc2s1. The van der Waals surface area contributed by atoms with E-state index in [9.17, 15) is 0 Å². The lowest BCUT2D eigenvalue weighted by Gasteiger charge is -1.85. The molecule has 0 atom stereocenters. The van der Waals surface area contributed by atoms with Crippen molar-refractivity contribution in [3.63, 3.8) is 0 Å². The van der Waals surface area contributed by atoms with Gasteiger partial charge < -0.3 is 0 Å². The van der Waals surface area contributed by atoms with E-state index in [0.717, 1.165) is 20.3 Å². The van der Waals surface area contributed by atoms with Crippen molar-refractivity contribution < 1.29 is 0 Å². The highest BCUT2D eigenvalue weighted by Crippen LogP contribution is 2.29. The van der Waals surface area contributed by atoms with Gasteiger partial charge in [-0.3, -0.25) is 0 Å². The highest BCUT2D eigenvalue weighted by atomic mass is 35.5. The van der Waals surface area contributed by atoms with Gasteiger partial charge in [0.2, 0.25) is 0 Å². The standard InChI is InChI=1S/C8H7ClN2S2/c1-2-12-8-11-5-4-10-7(9)3-6(5)13-8/h3-4H,2H2,1H3. The molecule has 2 heterocycles. The molecular formula is C8H7ClN2S2. The Morgan fingerprint density at radius 2 is 2.46 bits per heavy atom. The summed E-state index contributed by atoms with van der Waals surface area (Å²) >= 11 is 9.17. The van der Waals surface area contributed by atoms with Crippen LogP contribution >= 0.6 is 34.7 Å². The average Bonchev–Trinajstić information content (AvgIpc) is 2.46. The molecule has 0 amide bonds. The minimum Gasteiger partial charge on any atom is -0.242 e. The van der Waals surface area contributed by atoms with Gasteiger partial charge in [0.25, 0.3) is 0 Å². The van der Waals surface area contributed by atoms with Crippen LogP contribution in [0.5, 0.6) is 0 Å². The van der Waals surface area contributed by atoms with E-state index in [4.69, 9.17) is 11.6 Å². The van der Waals surface area contributed by atoms with E-state index < -0.39 is 0 Å². The van der Waals surface area contributed by atoms with Crippen LogP contribution < -0.4 is 0 Å². The Bertz CT molecular complexity index is 427. The molecule has 2 aromatic rings. The van der Waals surface area contributed by atoms with Crippen molar-refractivity contribution in [1.82, 2.24) is 9.97 Å². The van der Waals surface area contributed by atoms with Gasteiger partial charge in [0.15, 0.2) is 4.34 Å². The maximum Gasteiger partial charge on any atom is 0.151 e. The van der Waals surface area contributed by atoms with Crippen LogP contribution in [0, 0.1) is 0 Å². The van der Waals surface area contributed by atoms with Gasteiger partial charge in [-0.15, -0.1) is 11.3 Å². The monoisotopic (exact) mass is 230 g/mol. The van der Waals surface area contributed by atoms with Crippen LogP contribution in [-0.2, 0) is 0 Å². The topological polar surface area (TPSA) is 25.8 Å². The smallest absolute Gasteiger partial charge is 0.151 e. The molecule has 68 valence electrons. The van der Waals surface area contributed by atoms with Gasteiger partial charge in [-0.2, -0.15) is 0 Å². The van der Waals surface area contributed by atoms with Crippen molar-refractivity contribution in [1.29, 1.82) is 0 Å². The average molecular weight is 231 g/mol. The van der Waals surface area contributed by atoms with Crippen molar-refractivity contribution in [3.8, 4) is 0 Å². The molecule has 2 aromatic heterocycles. The third-order valence-electron chi connectivity index (χ3n) is 1.49. The number of nitrogens with zero attached hydrogens (tertiary/aromatic N) is 2. The zero-order chi connectivity index (χ0) is 9.26. The molecule has 0 aliphatic carbocycles. The van der Waals surface area contributed by atoms with Crippen LogP contribution in [0.4, 0.5) is 0 Å². The summed E-state index contributed by atoms with van der Waals surface area (Å²) in [7, 11) is 0. The molecule has 0 bridgehead atoms. The Hall–Kier alpha value is -0.320. The number of hydrogen-bond donors (Lipinski definition) is 0. The fraction of sp³-hybridized carbons (Fsp3) is 0.250. The van der Waals surface area contributed by atoms with Gasteiger partial charge in [0.05, 0.1) is 10.9 Å². The number of thiazole rings is 1. The lowest BCUT2D eigenvalue weighted by atomic mass is 10.5. The Morgan fingerprint density at radius 1 is 1.62 bits per heavy atom. The minimum atomic E-state index is 0.532. The minimum absolute atomic E-state index is 0.532. The summed E-state index contributed by atoms with van der Waals surface area (Å²) in [5.74, 6) is 1.04. The van der Waals surface area contributed by atoms with Crippen molar-refractivity contribution in [2.45, 2.75) is 11.3 Å². The fourth-order valence-corrected chi connectivity index (χ4v) is 3.17. The summed E-state index contributed by atoms with van der Waals surface area (Å²) in [5, 5.41) is 0.532. The van der Waals surface area contributed by atoms with Crippen LogP contribution in [0.3, 0.4) is 0 Å². The molecule has 0 spiro atoms. The van der Waals surface area contributed by atoms with Gasteiger partial charge in [-0.1, -0.05) is 30.3 Å². The summed E-state index contributed by atoms with van der Waals surface area (Å²) < 4.78 is 2.19. The molecule has 2 rings (SSSR count). The summed E-state index contributed by atoms with van der Waals surface area (Å²) in [6, 6.07) is 1.86. The van der Waals surface area contributed by atoms with E-state index in [1.807, 2.05) is 6.07 Å². The van der Waals surface area contributed by atoms with Crippen LogP contribution in [0.2, 0.25) is 5.15 Å². The van der Waals surface area contributed by atoms with Crippen LogP contribution in [0.15, 0.2) is 16.6 Å². The predicted molar refractivity (Wildman–Crippen MR) is 58.8 cm³/mol. The highest BCUT2D eigenvalue weighted by Gasteiger charge is 2.03. The second kappa shape index (κ2) is 3.82. The molecule has 13 heavy (non-hydrogen) atoms. The first-order valence-electron chi connectivity index (χ1n) is 3.84. The van der Waals surface area contributed by atoms with Crippen molar-refractivity contribution >= 4 is 44.9 Å². The Morgan fingerprint density at radius 3 is 3.23 bits per heavy atom. The van der Waals surface area contributed by atoms with E-state index in [0.29, 0.717) is 5.15 Å². The number of aromatic nitrogens is 2. The van der Waals surface area contributed by atoms with E-state index in [2.05, 4.69) is 16.9 Å². The Labute approximate surface area is 89.3 Å². The second-order valence-corrected chi connectivity index (χ2v) is 5.32. The molecule has 0 aliphatic heterocycles. The van der Waals surface area contributed by atoms with E-state index in [1.165, 1.54) is 0 Å². The number of pyridine rings is 1. The number of hydrogen-bond acceptors (Lipinski definition) is 4. The Balaban J connectivity index is 2.49. The van der Waals surface area contributed by atoms with Crippen molar-refractivity contribution in [2.75, 3.05) is 5.75 Å². The van der Waals surface area contributed by atoms with Gasteiger partial charge in [0.1, 0.15) is 10.7 Å². The zero-order valence-corrected chi connectivity index (χ0v) is 9.34. The molecule has 0 fully saturated rings. The second-order valence-electron chi connectivity index (χ2n) is 2.39. The molecule has 2 nitrogen and oxygen atoms in total. The molecule has 0 aromatic carbocycles. The van der Waals surface area contributed by atoms with Gasteiger partial charge in [0, 0.05) is 0 Å². The summed E-state index contributed by atoms with van der Waals surface area (Å²) in [6.07, 6.45) is 1.72. The van der Waals surface area contributed by atoms with E-state index in [1.54, 1.807) is 29.3 Å². The van der Waals surface area contributed by atoms with Gasteiger partial charge in [-0.25, -0.2) is 9.97 Å². The molecular weight excluding hydrogens is 224 g/mol. The molecule has 0 saturated heterocycles. The van der Waals surface area contributed by atoms with Crippen LogP contribution in [-0.4, -0.2) is 15.7 Å². The first kappa shape index (κ1) is 9.24.